The van der Waals surface area contributed by atoms with Crippen LogP contribution in [0.3, 0.4) is 0 Å². The number of nitrogens with zero attached hydrogens (tertiary/aromatic N) is 1. The Hall–Kier alpha value is -1.19. The first-order valence-electron chi connectivity index (χ1n) is 3.59. The lowest BCUT2D eigenvalue weighted by atomic mass is 10.2. The van der Waals surface area contributed by atoms with Crippen LogP contribution in [0.15, 0.2) is 24.3 Å². The number of rotatable bonds is 1. The number of benzene rings is 1. The average Bonchev–Trinajstić information content (AvgIpc) is 2.03. The lowest BCUT2D eigenvalue weighted by Gasteiger charge is -2.15. The van der Waals surface area contributed by atoms with E-state index in [-0.39, 0.29) is 5.91 Å². The summed E-state index contributed by atoms with van der Waals surface area (Å²) in [6.07, 6.45) is 0. The Kier molecular flexibility index (Phi) is 2.26. The van der Waals surface area contributed by atoms with E-state index < -0.39 is 4.65 Å². The van der Waals surface area contributed by atoms with Gasteiger partial charge < -0.3 is 0 Å². The molecule has 0 aliphatic carbocycles. The van der Waals surface area contributed by atoms with Gasteiger partial charge in [0.2, 0.25) is 0 Å². The summed E-state index contributed by atoms with van der Waals surface area (Å²) in [6.45, 7) is 0. The first-order valence-corrected chi connectivity index (χ1v) is 3.59. The molecule has 1 amide bonds. The fourth-order valence-corrected chi connectivity index (χ4v) is 0.845. The van der Waals surface area contributed by atoms with Crippen molar-refractivity contribution in [2.75, 3.05) is 14.1 Å². The van der Waals surface area contributed by atoms with Crippen LogP contribution in [0.5, 0.6) is 0 Å². The molecule has 12 heavy (non-hydrogen) atoms. The molecule has 0 atom stereocenters. The van der Waals surface area contributed by atoms with Crippen molar-refractivity contribution in [3.8, 4) is 0 Å². The number of hydrogen-bond acceptors (Lipinski definition) is 2. The summed E-state index contributed by atoms with van der Waals surface area (Å²) in [5.41, 5.74) is 0.487. The van der Waals surface area contributed by atoms with E-state index in [2.05, 4.69) is 6.07 Å². The Morgan fingerprint density at radius 3 is 2.33 bits per heavy atom. The number of hydroxylamine groups is 3. The molecule has 0 heterocycles. The van der Waals surface area contributed by atoms with Crippen molar-refractivity contribution in [3.05, 3.63) is 35.9 Å². The highest BCUT2D eigenvalue weighted by atomic mass is 16.6. The molecule has 0 unspecified atom stereocenters. The summed E-state index contributed by atoms with van der Waals surface area (Å²) < 4.78 is -0.677. The van der Waals surface area contributed by atoms with E-state index in [0.29, 0.717) is 5.56 Å². The normalized spacial score (nSPS) is 11.2. The zero-order valence-electron chi connectivity index (χ0n) is 7.11. The fourth-order valence-electron chi connectivity index (χ4n) is 0.845. The van der Waals surface area contributed by atoms with Crippen LogP contribution in [0.4, 0.5) is 0 Å². The van der Waals surface area contributed by atoms with Crippen molar-refractivity contribution < 1.29 is 14.6 Å². The van der Waals surface area contributed by atoms with Gasteiger partial charge in [-0.15, -0.1) is 4.65 Å². The molecule has 0 aromatic heterocycles. The molecule has 0 saturated heterocycles. The van der Waals surface area contributed by atoms with E-state index in [1.54, 1.807) is 24.3 Å². The smallest absolute Gasteiger partial charge is 0.222 e. The van der Waals surface area contributed by atoms with Crippen molar-refractivity contribution in [2.45, 2.75) is 0 Å². The molecule has 0 fully saturated rings. The second-order valence-electron chi connectivity index (χ2n) is 2.99. The van der Waals surface area contributed by atoms with Crippen molar-refractivity contribution in [3.63, 3.8) is 0 Å². The predicted octanol–water partition coefficient (Wildman–Crippen LogP) is 1.09. The maximum Gasteiger partial charge on any atom is 0.377 e. The predicted molar refractivity (Wildman–Crippen MR) is 43.5 cm³/mol. The topological polar surface area (TPSA) is 37.3 Å². The maximum atomic E-state index is 11.4. The van der Waals surface area contributed by atoms with Crippen LogP contribution < -0.4 is 0 Å². The molecule has 0 bridgehead atoms. The number of carbonyl (C=O) groups is 1. The molecule has 0 aliphatic heterocycles. The molecule has 1 aromatic carbocycles. The summed E-state index contributed by atoms with van der Waals surface area (Å²) in [5, 5.41) is 9.32. The fraction of sp³-hybridized carbons (Fsp3) is 0.222. The number of carbonyl (C=O) groups excluding carboxylic acids is 1. The molecule has 3 heteroatoms. The zero-order chi connectivity index (χ0) is 9.19. The quantitative estimate of drug-likeness (QED) is 0.384. The summed E-state index contributed by atoms with van der Waals surface area (Å²) >= 11 is 0. The Morgan fingerprint density at radius 1 is 1.42 bits per heavy atom. The average molecular weight is 165 g/mol. The first kappa shape index (κ1) is 8.90. The van der Waals surface area contributed by atoms with Gasteiger partial charge in [-0.1, -0.05) is 12.1 Å². The number of hydrogen-bond donors (Lipinski definition) is 1. The van der Waals surface area contributed by atoms with Gasteiger partial charge in [0.25, 0.3) is 0 Å². The second kappa shape index (κ2) is 3.05. The lowest BCUT2D eigenvalue weighted by molar-refractivity contribution is -1.00. The van der Waals surface area contributed by atoms with Gasteiger partial charge in [-0.3, -0.25) is 0 Å². The highest BCUT2D eigenvalue weighted by Crippen LogP contribution is 2.05. The standard InChI is InChI=1S/C9H11NO2/c1-10(2,12)9(11)8-6-4-3-5-7-8/h4-7,12H,1-2H3/q+1. The van der Waals surface area contributed by atoms with Gasteiger partial charge in [0, 0.05) is 0 Å². The Labute approximate surface area is 71.4 Å². The van der Waals surface area contributed by atoms with Gasteiger partial charge in [-0.2, -0.15) is 0 Å². The maximum absolute atomic E-state index is 11.4. The molecular formula is C9H11NO2+. The van der Waals surface area contributed by atoms with Crippen LogP contribution in [0.25, 0.3) is 0 Å². The zero-order valence-corrected chi connectivity index (χ0v) is 7.11. The van der Waals surface area contributed by atoms with E-state index >= 15 is 0 Å². The lowest BCUT2D eigenvalue weighted by Crippen LogP contribution is -2.41. The van der Waals surface area contributed by atoms with Crippen LogP contribution in [-0.2, 0) is 0 Å². The van der Waals surface area contributed by atoms with Crippen molar-refractivity contribution in [1.29, 1.82) is 0 Å². The minimum atomic E-state index is -0.677. The van der Waals surface area contributed by atoms with E-state index in [9.17, 15) is 10.0 Å². The van der Waals surface area contributed by atoms with E-state index in [4.69, 9.17) is 0 Å². The Morgan fingerprint density at radius 2 is 1.92 bits per heavy atom. The molecular weight excluding hydrogens is 154 g/mol. The minimum absolute atomic E-state index is 0.330. The molecule has 0 aliphatic rings. The number of quaternary nitrogens is 1. The number of amides is 1. The summed E-state index contributed by atoms with van der Waals surface area (Å²) in [4.78, 5) is 11.4. The third kappa shape index (κ3) is 1.90. The van der Waals surface area contributed by atoms with Gasteiger partial charge in [-0.05, 0) is 18.2 Å². The van der Waals surface area contributed by atoms with Crippen LogP contribution >= 0.6 is 0 Å². The summed E-state index contributed by atoms with van der Waals surface area (Å²) in [5.74, 6) is -0.330. The van der Waals surface area contributed by atoms with Crippen molar-refractivity contribution in [1.82, 2.24) is 0 Å². The van der Waals surface area contributed by atoms with E-state index in [1.807, 2.05) is 0 Å². The van der Waals surface area contributed by atoms with Gasteiger partial charge >= 0.3 is 5.91 Å². The second-order valence-corrected chi connectivity index (χ2v) is 2.99. The van der Waals surface area contributed by atoms with Crippen molar-refractivity contribution in [2.24, 2.45) is 0 Å². The molecule has 1 aromatic rings. The monoisotopic (exact) mass is 165 g/mol. The van der Waals surface area contributed by atoms with Crippen molar-refractivity contribution >= 4 is 5.91 Å². The van der Waals surface area contributed by atoms with Crippen LogP contribution in [0.2, 0.25) is 0 Å². The molecule has 1 rings (SSSR count). The van der Waals surface area contributed by atoms with E-state index in [1.165, 1.54) is 14.1 Å². The summed E-state index contributed by atoms with van der Waals surface area (Å²) in [7, 11) is 2.83. The summed E-state index contributed by atoms with van der Waals surface area (Å²) in [6, 6.07) is 9.33. The molecule has 1 N–H and O–H groups in total. The van der Waals surface area contributed by atoms with Crippen LogP contribution in [-0.4, -0.2) is 29.9 Å². The molecule has 1 radical (unpaired) electrons. The Balaban J connectivity index is 2.94. The molecule has 0 saturated carbocycles. The largest absolute Gasteiger partial charge is 0.377 e. The van der Waals surface area contributed by atoms with E-state index in [0.717, 1.165) is 0 Å². The first-order chi connectivity index (χ1) is 5.52. The Bertz CT molecular complexity index is 274. The van der Waals surface area contributed by atoms with Gasteiger partial charge in [-0.25, -0.2) is 10.0 Å². The van der Waals surface area contributed by atoms with Crippen LogP contribution in [0.1, 0.15) is 10.4 Å². The third-order valence-electron chi connectivity index (χ3n) is 1.46. The molecule has 63 valence electrons. The van der Waals surface area contributed by atoms with Gasteiger partial charge in [0.05, 0.1) is 5.56 Å². The minimum Gasteiger partial charge on any atom is -0.222 e. The van der Waals surface area contributed by atoms with Gasteiger partial charge in [0.1, 0.15) is 14.1 Å². The van der Waals surface area contributed by atoms with Crippen LogP contribution in [0, 0.1) is 6.07 Å². The SMILES string of the molecule is C[N+](C)(O)C(=O)c1cc[c]cc1. The third-order valence-corrected chi connectivity index (χ3v) is 1.46. The van der Waals surface area contributed by atoms with Gasteiger partial charge in [0.15, 0.2) is 0 Å². The highest BCUT2D eigenvalue weighted by molar-refractivity contribution is 5.88. The molecule has 0 spiro atoms. The molecule has 3 nitrogen and oxygen atoms in total. The highest BCUT2D eigenvalue weighted by Gasteiger charge is 2.25.